The summed E-state index contributed by atoms with van der Waals surface area (Å²) in [6, 6.07) is 0. The van der Waals surface area contributed by atoms with Gasteiger partial charge in [0.15, 0.2) is 0 Å². The molecule has 86 valence electrons. The van der Waals surface area contributed by atoms with Gasteiger partial charge in [0.2, 0.25) is 0 Å². The maximum atomic E-state index is 7.92. The fourth-order valence-corrected chi connectivity index (χ4v) is 22.6. The van der Waals surface area contributed by atoms with Gasteiger partial charge in [-0.3, -0.25) is 0 Å². The number of rotatable bonds is 1. The summed E-state index contributed by atoms with van der Waals surface area (Å²) in [5.74, 6) is 0. The van der Waals surface area contributed by atoms with Crippen molar-refractivity contribution < 1.29 is 1.41 Å². The van der Waals surface area contributed by atoms with E-state index in [1.807, 2.05) is 0 Å². The molecule has 2 N–H and O–H groups in total. The summed E-state index contributed by atoms with van der Waals surface area (Å²) < 4.78 is 11.7. The first kappa shape index (κ1) is 12.8. The summed E-state index contributed by atoms with van der Waals surface area (Å²) in [6.45, 7) is 20.8. The Morgan fingerprint density at radius 1 is 0.714 bits per heavy atom. The second kappa shape index (κ2) is 3.65. The third kappa shape index (κ3) is 2.29. The molecule has 0 radical (unpaired) electrons. The van der Waals surface area contributed by atoms with E-state index in [0.29, 0.717) is 0 Å². The third-order valence-corrected chi connectivity index (χ3v) is 22.6. The van der Waals surface area contributed by atoms with Gasteiger partial charge in [-0.05, 0) is 0 Å². The number of nitrogens with two attached hydrogens (primary N) is 1. The molecular formula is C12H29NSn. The average Bonchev–Trinajstić information content (AvgIpc) is 1.76. The van der Waals surface area contributed by atoms with Gasteiger partial charge in [-0.25, -0.2) is 0 Å². The first-order chi connectivity index (χ1) is 6.31. The Morgan fingerprint density at radius 3 is 0.929 bits per heavy atom. The molecule has 0 aliphatic carbocycles. The SMILES string of the molecule is [2H][NH][Sn]([C](C)(C)C)([C](C)(C)C)[C](C)(C)C. The summed E-state index contributed by atoms with van der Waals surface area (Å²) in [6.07, 6.45) is 0. The van der Waals surface area contributed by atoms with Crippen LogP contribution in [0.2, 0.25) is 11.7 Å². The van der Waals surface area contributed by atoms with Gasteiger partial charge in [0.1, 0.15) is 0 Å². The molecule has 0 unspecified atom stereocenters. The predicted molar refractivity (Wildman–Crippen MR) is 69.1 cm³/mol. The average molecular weight is 307 g/mol. The van der Waals surface area contributed by atoms with Gasteiger partial charge in [-0.15, -0.1) is 0 Å². The molecule has 0 bridgehead atoms. The zero-order chi connectivity index (χ0) is 12.7. The van der Waals surface area contributed by atoms with Crippen LogP contribution in [0.1, 0.15) is 62.3 Å². The molecule has 0 fully saturated rings. The zero-order valence-corrected chi connectivity index (χ0v) is 14.4. The van der Waals surface area contributed by atoms with Crippen LogP contribution >= 0.6 is 0 Å². The van der Waals surface area contributed by atoms with Crippen molar-refractivity contribution in [1.82, 2.24) is 0 Å². The van der Waals surface area contributed by atoms with E-state index in [9.17, 15) is 0 Å². The summed E-state index contributed by atoms with van der Waals surface area (Å²) in [5.41, 5.74) is 0. The van der Waals surface area contributed by atoms with E-state index >= 15 is 0 Å². The summed E-state index contributed by atoms with van der Waals surface area (Å²) >= 11 is -2.84. The van der Waals surface area contributed by atoms with E-state index < -0.39 is 18.7 Å². The molecule has 0 aromatic heterocycles. The Hall–Kier alpha value is 0.759. The Kier molecular flexibility index (Phi) is 3.35. The Morgan fingerprint density at radius 2 is 0.929 bits per heavy atom. The fourth-order valence-electron chi connectivity index (χ4n) is 3.38. The van der Waals surface area contributed by atoms with Crippen molar-refractivity contribution in [3.8, 4) is 0 Å². The first-order valence-electron chi connectivity index (χ1n) is 6.00. The van der Waals surface area contributed by atoms with Crippen molar-refractivity contribution in [2.45, 2.75) is 72.6 Å². The van der Waals surface area contributed by atoms with Crippen LogP contribution in [0.15, 0.2) is 0 Å². The minimum atomic E-state index is -2.84. The monoisotopic (exact) mass is 308 g/mol. The Labute approximate surface area is 96.5 Å². The molecule has 0 saturated carbocycles. The second-order valence-corrected chi connectivity index (χ2v) is 24.6. The Balaban J connectivity index is 5.78. The van der Waals surface area contributed by atoms with E-state index in [-0.39, 0.29) is 10.3 Å². The van der Waals surface area contributed by atoms with Gasteiger partial charge in [0.05, 0.1) is 0 Å². The van der Waals surface area contributed by atoms with Gasteiger partial charge in [0, 0.05) is 0 Å². The van der Waals surface area contributed by atoms with Crippen LogP contribution in [-0.2, 0) is 0 Å². The molecule has 0 atom stereocenters. The van der Waals surface area contributed by atoms with Crippen molar-refractivity contribution in [1.29, 1.82) is 0 Å². The molecule has 0 heterocycles. The van der Waals surface area contributed by atoms with Crippen LogP contribution in [0.4, 0.5) is 0 Å². The van der Waals surface area contributed by atoms with Gasteiger partial charge in [-0.2, -0.15) is 0 Å². The first-order valence-corrected chi connectivity index (χ1v) is 11.2. The van der Waals surface area contributed by atoms with Gasteiger partial charge < -0.3 is 0 Å². The minimum absolute atomic E-state index is 0.243. The molecule has 0 saturated heterocycles. The van der Waals surface area contributed by atoms with Crippen LogP contribution in [-0.4, -0.2) is 18.7 Å². The molecule has 0 spiro atoms. The maximum absolute atomic E-state index is 7.92. The molecule has 14 heavy (non-hydrogen) atoms. The topological polar surface area (TPSA) is 26.0 Å². The second-order valence-electron chi connectivity index (χ2n) is 7.50. The predicted octanol–water partition coefficient (Wildman–Crippen LogP) is 4.29. The van der Waals surface area contributed by atoms with E-state index in [4.69, 9.17) is 1.41 Å². The van der Waals surface area contributed by atoms with E-state index in [0.717, 1.165) is 0 Å². The molecule has 0 amide bonds. The Bertz CT molecular complexity index is 181. The van der Waals surface area contributed by atoms with Crippen LogP contribution in [0.3, 0.4) is 0 Å². The van der Waals surface area contributed by atoms with Crippen LogP contribution in [0.25, 0.3) is 0 Å². The summed E-state index contributed by atoms with van der Waals surface area (Å²) in [4.78, 5) is 0. The van der Waals surface area contributed by atoms with Gasteiger partial charge >= 0.3 is 96.6 Å². The van der Waals surface area contributed by atoms with E-state index in [1.165, 1.54) is 0 Å². The molecular weight excluding hydrogens is 277 g/mol. The third-order valence-electron chi connectivity index (χ3n) is 3.38. The van der Waals surface area contributed by atoms with Crippen molar-refractivity contribution in [2.24, 2.45) is 3.95 Å². The summed E-state index contributed by atoms with van der Waals surface area (Å²) in [7, 11) is 0. The standard InChI is InChI=1S/3C4H9.H2N.Sn/c3*1-4(2)3;;/h3*1-3H3;1H2;/q;;;-1;+1/i/hD. The van der Waals surface area contributed by atoms with Gasteiger partial charge in [0.25, 0.3) is 0 Å². The van der Waals surface area contributed by atoms with Crippen LogP contribution in [0, 0.1) is 0 Å². The molecule has 1 nitrogen and oxygen atoms in total. The quantitative estimate of drug-likeness (QED) is 0.719. The summed E-state index contributed by atoms with van der Waals surface area (Å²) in [5, 5.41) is 0. The van der Waals surface area contributed by atoms with Crippen LogP contribution in [0.5, 0.6) is 0 Å². The van der Waals surface area contributed by atoms with Gasteiger partial charge in [-0.1, -0.05) is 0 Å². The van der Waals surface area contributed by atoms with Crippen molar-refractivity contribution in [2.75, 3.05) is 0 Å². The molecule has 0 aliphatic heterocycles. The van der Waals surface area contributed by atoms with Crippen molar-refractivity contribution in [3.63, 3.8) is 0 Å². The fraction of sp³-hybridized carbons (Fsp3) is 1.00. The molecule has 0 aliphatic rings. The van der Waals surface area contributed by atoms with Crippen molar-refractivity contribution >= 4 is 18.7 Å². The van der Waals surface area contributed by atoms with E-state index in [1.54, 1.807) is 0 Å². The van der Waals surface area contributed by atoms with Crippen LogP contribution < -0.4 is 3.95 Å². The van der Waals surface area contributed by atoms with E-state index in [2.05, 4.69) is 66.3 Å². The molecule has 0 rings (SSSR count). The number of hydrogen-bond acceptors (Lipinski definition) is 1. The van der Waals surface area contributed by atoms with Crippen molar-refractivity contribution in [3.05, 3.63) is 0 Å². The number of hydrogen-bond donors (Lipinski definition) is 1. The molecule has 2 heteroatoms. The normalized spacial score (nSPS) is 16.8. The zero-order valence-electron chi connectivity index (χ0n) is 12.5. The molecule has 0 aromatic carbocycles. The molecule has 0 aromatic rings.